The van der Waals surface area contributed by atoms with Crippen LogP contribution in [-0.2, 0) is 10.0 Å². The number of nitrogen functional groups attached to an aromatic ring is 1. The molecule has 0 amide bonds. The summed E-state index contributed by atoms with van der Waals surface area (Å²) >= 11 is 0.634. The second kappa shape index (κ2) is 4.82. The Labute approximate surface area is 112 Å². The molecule has 2 aromatic rings. The monoisotopic (exact) mass is 300 g/mol. The second-order valence-corrected chi connectivity index (χ2v) is 6.41. The summed E-state index contributed by atoms with van der Waals surface area (Å²) < 4.78 is 26.0. The highest BCUT2D eigenvalue weighted by Crippen LogP contribution is 2.34. The van der Waals surface area contributed by atoms with Gasteiger partial charge in [0.15, 0.2) is 5.00 Å². The van der Waals surface area contributed by atoms with Crippen LogP contribution in [0, 0.1) is 10.1 Å². The van der Waals surface area contributed by atoms with Crippen LogP contribution in [0.1, 0.15) is 0 Å². The van der Waals surface area contributed by atoms with Crippen molar-refractivity contribution in [2.24, 2.45) is 0 Å². The van der Waals surface area contributed by atoms with Crippen molar-refractivity contribution in [3.63, 3.8) is 0 Å². The Hall–Kier alpha value is -2.20. The quantitative estimate of drug-likeness (QED) is 0.649. The average Bonchev–Trinajstić information content (AvgIpc) is 2.73. The van der Waals surface area contributed by atoms with E-state index in [0.717, 1.165) is 6.07 Å². The molecule has 0 aliphatic rings. The molecule has 0 bridgehead atoms. The molecule has 0 saturated carbocycles. The van der Waals surface area contributed by atoms with Crippen LogP contribution >= 0.6 is 11.3 Å². The Kier molecular flexibility index (Phi) is 3.36. The molecule has 100 valence electrons. The van der Waals surface area contributed by atoms with E-state index in [1.165, 1.54) is 18.5 Å². The first kappa shape index (κ1) is 13.2. The first-order valence-electron chi connectivity index (χ1n) is 4.87. The van der Waals surface area contributed by atoms with Crippen molar-refractivity contribution in [1.82, 2.24) is 4.98 Å². The van der Waals surface area contributed by atoms with Crippen molar-refractivity contribution in [3.05, 3.63) is 40.7 Å². The summed E-state index contributed by atoms with van der Waals surface area (Å²) in [5, 5.41) is 10.5. The van der Waals surface area contributed by atoms with E-state index in [1.54, 1.807) is 6.07 Å². The minimum Gasteiger partial charge on any atom is -0.385 e. The molecule has 2 rings (SSSR count). The highest BCUT2D eigenvalue weighted by Gasteiger charge is 2.24. The van der Waals surface area contributed by atoms with Crippen LogP contribution in [0.4, 0.5) is 16.4 Å². The Morgan fingerprint density at radius 1 is 1.47 bits per heavy atom. The zero-order chi connectivity index (χ0) is 14.0. The summed E-state index contributed by atoms with van der Waals surface area (Å²) in [6, 6.07) is 4.00. The smallest absolute Gasteiger partial charge is 0.304 e. The zero-order valence-electron chi connectivity index (χ0n) is 9.31. The number of rotatable bonds is 4. The molecule has 0 aromatic carbocycles. The molecule has 0 spiro atoms. The molecule has 0 aliphatic heterocycles. The fraction of sp³-hybridized carbons (Fsp3) is 0. The number of hydrogen-bond donors (Lipinski definition) is 2. The number of hydrogen-bond acceptors (Lipinski definition) is 7. The first-order valence-corrected chi connectivity index (χ1v) is 7.16. The molecule has 8 nitrogen and oxygen atoms in total. The number of pyridine rings is 1. The van der Waals surface area contributed by atoms with Gasteiger partial charge in [-0.3, -0.25) is 19.8 Å². The van der Waals surface area contributed by atoms with E-state index in [2.05, 4.69) is 9.71 Å². The van der Waals surface area contributed by atoms with Crippen molar-refractivity contribution in [2.45, 2.75) is 4.21 Å². The average molecular weight is 300 g/mol. The van der Waals surface area contributed by atoms with Crippen molar-refractivity contribution in [2.75, 3.05) is 10.5 Å². The summed E-state index contributed by atoms with van der Waals surface area (Å²) in [5.74, 6) is 0. The topological polar surface area (TPSA) is 128 Å². The van der Waals surface area contributed by atoms with E-state index >= 15 is 0 Å². The van der Waals surface area contributed by atoms with Crippen LogP contribution in [0.5, 0.6) is 0 Å². The van der Waals surface area contributed by atoms with Gasteiger partial charge in [-0.1, -0.05) is 11.3 Å². The lowest BCUT2D eigenvalue weighted by atomic mass is 10.4. The summed E-state index contributed by atoms with van der Waals surface area (Å²) in [7, 11) is -3.90. The minimum atomic E-state index is -3.90. The summed E-state index contributed by atoms with van der Waals surface area (Å²) in [4.78, 5) is 13.7. The van der Waals surface area contributed by atoms with E-state index in [9.17, 15) is 18.5 Å². The van der Waals surface area contributed by atoms with Crippen molar-refractivity contribution >= 4 is 37.7 Å². The Bertz CT molecular complexity index is 711. The van der Waals surface area contributed by atoms with Gasteiger partial charge in [0, 0.05) is 12.3 Å². The number of aromatic nitrogens is 1. The van der Waals surface area contributed by atoms with Gasteiger partial charge < -0.3 is 5.73 Å². The zero-order valence-corrected chi connectivity index (χ0v) is 10.9. The molecule has 10 heteroatoms. The lowest BCUT2D eigenvalue weighted by Crippen LogP contribution is -2.11. The van der Waals surface area contributed by atoms with Crippen LogP contribution in [0.2, 0.25) is 0 Å². The predicted molar refractivity (Wildman–Crippen MR) is 70.4 cm³/mol. The van der Waals surface area contributed by atoms with Crippen molar-refractivity contribution < 1.29 is 13.3 Å². The van der Waals surface area contributed by atoms with Gasteiger partial charge in [0.2, 0.25) is 0 Å². The Morgan fingerprint density at radius 2 is 2.21 bits per heavy atom. The third-order valence-corrected chi connectivity index (χ3v) is 4.90. The molecule has 0 fully saturated rings. The molecule has 0 saturated heterocycles. The lowest BCUT2D eigenvalue weighted by Gasteiger charge is -2.04. The molecule has 0 radical (unpaired) electrons. The molecule has 0 unspecified atom stereocenters. The Morgan fingerprint density at radius 3 is 2.74 bits per heavy atom. The largest absolute Gasteiger partial charge is 0.385 e. The third kappa shape index (κ3) is 2.80. The van der Waals surface area contributed by atoms with E-state index in [4.69, 9.17) is 5.73 Å². The van der Waals surface area contributed by atoms with Crippen LogP contribution < -0.4 is 10.5 Å². The molecule has 3 N–H and O–H groups in total. The maximum absolute atomic E-state index is 12.0. The van der Waals surface area contributed by atoms with E-state index in [1.807, 2.05) is 0 Å². The van der Waals surface area contributed by atoms with Crippen molar-refractivity contribution in [3.8, 4) is 0 Å². The molecular formula is C9H8N4O4S2. The first-order chi connectivity index (χ1) is 8.90. The fourth-order valence-corrected chi connectivity index (χ4v) is 3.53. The van der Waals surface area contributed by atoms with Gasteiger partial charge in [0.05, 0.1) is 16.8 Å². The van der Waals surface area contributed by atoms with Crippen LogP contribution in [0.3, 0.4) is 0 Å². The van der Waals surface area contributed by atoms with Gasteiger partial charge in [-0.15, -0.1) is 0 Å². The Balaban J connectivity index is 2.35. The van der Waals surface area contributed by atoms with Gasteiger partial charge in [0.25, 0.3) is 10.0 Å². The van der Waals surface area contributed by atoms with Gasteiger partial charge >= 0.3 is 5.69 Å². The summed E-state index contributed by atoms with van der Waals surface area (Å²) in [5.41, 5.74) is 5.25. The highest BCUT2D eigenvalue weighted by atomic mass is 32.2. The van der Waals surface area contributed by atoms with E-state index in [0.29, 0.717) is 11.3 Å². The summed E-state index contributed by atoms with van der Waals surface area (Å²) in [6.45, 7) is 0. The molecule has 19 heavy (non-hydrogen) atoms. The normalized spacial score (nSPS) is 11.2. The molecule has 2 aromatic heterocycles. The van der Waals surface area contributed by atoms with Gasteiger partial charge in [-0.25, -0.2) is 8.42 Å². The molecular weight excluding hydrogens is 292 g/mol. The molecule has 0 atom stereocenters. The lowest BCUT2D eigenvalue weighted by molar-refractivity contribution is -0.383. The minimum absolute atomic E-state index is 0.156. The SMILES string of the molecule is Nc1sc(S(=O)(=O)Nc2cccnc2)cc1[N+](=O)[O-]. The maximum atomic E-state index is 12.0. The number of nitrogens with two attached hydrogens (primary N) is 1. The number of sulfonamides is 1. The van der Waals surface area contributed by atoms with Crippen molar-refractivity contribution in [1.29, 1.82) is 0 Å². The number of thiophene rings is 1. The van der Waals surface area contributed by atoms with E-state index in [-0.39, 0.29) is 14.9 Å². The van der Waals surface area contributed by atoms with Gasteiger partial charge in [-0.05, 0) is 12.1 Å². The number of nitro groups is 1. The van der Waals surface area contributed by atoms with E-state index < -0.39 is 20.6 Å². The fourth-order valence-electron chi connectivity index (χ4n) is 1.28. The van der Waals surface area contributed by atoms with Gasteiger partial charge in [-0.2, -0.15) is 0 Å². The molecule has 0 aliphatic carbocycles. The third-order valence-electron chi connectivity index (χ3n) is 2.09. The number of anilines is 2. The van der Waals surface area contributed by atoms with Gasteiger partial charge in [0.1, 0.15) is 4.21 Å². The number of nitrogens with zero attached hydrogens (tertiary/aromatic N) is 2. The molecule has 2 heterocycles. The van der Waals surface area contributed by atoms with Crippen LogP contribution in [-0.4, -0.2) is 18.3 Å². The maximum Gasteiger partial charge on any atom is 0.304 e. The van der Waals surface area contributed by atoms with Crippen LogP contribution in [0.15, 0.2) is 34.8 Å². The number of nitrogens with one attached hydrogen (secondary N) is 1. The predicted octanol–water partition coefficient (Wildman–Crippen LogP) is 1.43. The van der Waals surface area contributed by atoms with Crippen LogP contribution in [0.25, 0.3) is 0 Å². The standard InChI is InChI=1S/C9H8N4O4S2/c10-9-7(13(14)15)4-8(18-9)19(16,17)12-6-2-1-3-11-5-6/h1-5,12H,10H2. The second-order valence-electron chi connectivity index (χ2n) is 3.42. The highest BCUT2D eigenvalue weighted by molar-refractivity contribution is 7.94. The summed E-state index contributed by atoms with van der Waals surface area (Å²) in [6.07, 6.45) is 2.81.